The molecule has 3 heteroatoms. The topological polar surface area (TPSA) is 38.1 Å². The van der Waals surface area contributed by atoms with Gasteiger partial charge in [0.15, 0.2) is 5.89 Å². The van der Waals surface area contributed by atoms with Crippen molar-refractivity contribution in [2.24, 2.45) is 23.2 Å². The molecule has 4 aliphatic rings. The Balaban J connectivity index is 1.37. The fraction of sp³-hybridized carbons (Fsp3) is 0.857. The number of fused-ring (bicyclic) bond motifs is 2. The van der Waals surface area contributed by atoms with Gasteiger partial charge in [-0.2, -0.15) is 0 Å². The fourth-order valence-corrected chi connectivity index (χ4v) is 5.79. The number of aromatic nitrogens is 1. The van der Waals surface area contributed by atoms with Crippen molar-refractivity contribution in [1.29, 1.82) is 0 Å². The molecule has 0 unspecified atom stereocenters. The average Bonchev–Trinajstić information content (AvgIpc) is 2.95. The second-order valence-electron chi connectivity index (χ2n) is 9.33. The van der Waals surface area contributed by atoms with Gasteiger partial charge in [0.25, 0.3) is 0 Å². The van der Waals surface area contributed by atoms with Crippen LogP contribution in [-0.4, -0.2) is 11.0 Å². The van der Waals surface area contributed by atoms with Gasteiger partial charge in [-0.1, -0.05) is 40.0 Å². The van der Waals surface area contributed by atoms with Gasteiger partial charge >= 0.3 is 0 Å². The third-order valence-electron chi connectivity index (χ3n) is 7.75. The van der Waals surface area contributed by atoms with Crippen molar-refractivity contribution in [1.82, 2.24) is 10.3 Å². The fourth-order valence-electron chi connectivity index (χ4n) is 5.79. The van der Waals surface area contributed by atoms with E-state index in [1.54, 1.807) is 0 Å². The number of hydrogen-bond acceptors (Lipinski definition) is 3. The van der Waals surface area contributed by atoms with Gasteiger partial charge in [-0.05, 0) is 55.8 Å². The second-order valence-corrected chi connectivity index (χ2v) is 9.33. The van der Waals surface area contributed by atoms with Crippen LogP contribution in [0.1, 0.15) is 89.0 Å². The molecule has 0 amide bonds. The molecular formula is C21H34N2O. The first kappa shape index (κ1) is 16.6. The Hall–Kier alpha value is -0.830. The molecule has 0 aliphatic heterocycles. The summed E-state index contributed by atoms with van der Waals surface area (Å²) in [4.78, 5) is 4.87. The van der Waals surface area contributed by atoms with E-state index in [2.05, 4.69) is 33.0 Å². The zero-order valence-electron chi connectivity index (χ0n) is 15.9. The minimum atomic E-state index is 0.563. The Labute approximate surface area is 147 Å². The van der Waals surface area contributed by atoms with E-state index in [1.165, 1.54) is 44.9 Å². The summed E-state index contributed by atoms with van der Waals surface area (Å²) in [6, 6.07) is 0.649. The predicted octanol–water partition coefficient (Wildman–Crippen LogP) is 5.19. The first-order valence-electron chi connectivity index (χ1n) is 10.2. The summed E-state index contributed by atoms with van der Waals surface area (Å²) in [6.07, 6.45) is 9.33. The maximum atomic E-state index is 6.03. The van der Waals surface area contributed by atoms with Gasteiger partial charge in [-0.3, -0.25) is 0 Å². The van der Waals surface area contributed by atoms with Crippen molar-refractivity contribution >= 4 is 0 Å². The molecule has 1 aromatic heterocycles. The van der Waals surface area contributed by atoms with Crippen LogP contribution in [0.25, 0.3) is 0 Å². The largest absolute Gasteiger partial charge is 0.445 e. The predicted molar refractivity (Wildman–Crippen MR) is 96.9 cm³/mol. The van der Waals surface area contributed by atoms with Crippen LogP contribution < -0.4 is 5.32 Å². The molecule has 134 valence electrons. The maximum absolute atomic E-state index is 6.03. The van der Waals surface area contributed by atoms with E-state index < -0.39 is 0 Å². The molecule has 0 saturated heterocycles. The third kappa shape index (κ3) is 2.73. The molecule has 24 heavy (non-hydrogen) atoms. The summed E-state index contributed by atoms with van der Waals surface area (Å²) >= 11 is 0. The van der Waals surface area contributed by atoms with Gasteiger partial charge < -0.3 is 9.73 Å². The minimum absolute atomic E-state index is 0.563. The van der Waals surface area contributed by atoms with Crippen LogP contribution in [0.5, 0.6) is 0 Å². The van der Waals surface area contributed by atoms with Crippen LogP contribution in [0, 0.1) is 30.1 Å². The molecule has 1 aromatic rings. The molecule has 3 nitrogen and oxygen atoms in total. The van der Waals surface area contributed by atoms with E-state index in [4.69, 9.17) is 9.40 Å². The lowest BCUT2D eigenvalue weighted by Gasteiger charge is -2.62. The number of hydrogen-bond donors (Lipinski definition) is 1. The van der Waals surface area contributed by atoms with Gasteiger partial charge in [0.1, 0.15) is 5.76 Å². The number of aryl methyl sites for hydroxylation is 1. The molecule has 0 spiro atoms. The van der Waals surface area contributed by atoms with Crippen LogP contribution in [0.2, 0.25) is 0 Å². The number of nitrogens with zero attached hydrogens (tertiary/aromatic N) is 1. The quantitative estimate of drug-likeness (QED) is 0.825. The summed E-state index contributed by atoms with van der Waals surface area (Å²) in [5.74, 6) is 5.17. The standard InChI is InChI=1S/C21H34N2O/c1-13-17-10-16(21(17,3)4)11-18(13)22-12-19-14(2)24-20(23-19)15-8-6-5-7-9-15/h13,15-18,22H,5-12H2,1-4H3/t13-,16+,17-,18-/m1/s1. The highest BCUT2D eigenvalue weighted by molar-refractivity contribution is 5.12. The molecule has 1 N–H and O–H groups in total. The summed E-state index contributed by atoms with van der Waals surface area (Å²) in [5.41, 5.74) is 1.71. The van der Waals surface area contributed by atoms with E-state index in [1.807, 2.05) is 0 Å². The Morgan fingerprint density at radius 2 is 1.92 bits per heavy atom. The van der Waals surface area contributed by atoms with Crippen LogP contribution in [0.4, 0.5) is 0 Å². The summed E-state index contributed by atoms with van der Waals surface area (Å²) < 4.78 is 6.03. The molecular weight excluding hydrogens is 296 g/mol. The molecule has 4 fully saturated rings. The highest BCUT2D eigenvalue weighted by atomic mass is 16.4. The Kier molecular flexibility index (Phi) is 4.27. The van der Waals surface area contributed by atoms with Gasteiger partial charge in [-0.25, -0.2) is 4.98 Å². The van der Waals surface area contributed by atoms with Crippen LogP contribution in [0.3, 0.4) is 0 Å². The molecule has 4 atom stereocenters. The van der Waals surface area contributed by atoms with E-state index in [0.29, 0.717) is 17.4 Å². The van der Waals surface area contributed by atoms with Crippen LogP contribution in [-0.2, 0) is 6.54 Å². The van der Waals surface area contributed by atoms with Gasteiger partial charge in [-0.15, -0.1) is 0 Å². The monoisotopic (exact) mass is 330 g/mol. The van der Waals surface area contributed by atoms with E-state index >= 15 is 0 Å². The van der Waals surface area contributed by atoms with Crippen molar-refractivity contribution in [2.75, 3.05) is 0 Å². The highest BCUT2D eigenvalue weighted by Gasteiger charge is 2.56. The molecule has 0 radical (unpaired) electrons. The van der Waals surface area contributed by atoms with Gasteiger partial charge in [0.05, 0.1) is 5.69 Å². The lowest BCUT2D eigenvalue weighted by atomic mass is 9.45. The lowest BCUT2D eigenvalue weighted by Crippen LogP contribution is -2.59. The van der Waals surface area contributed by atoms with Crippen molar-refractivity contribution < 1.29 is 4.42 Å². The van der Waals surface area contributed by atoms with Crippen LogP contribution in [0.15, 0.2) is 4.42 Å². The Bertz CT molecular complexity index is 585. The van der Waals surface area contributed by atoms with Crippen molar-refractivity contribution in [3.8, 4) is 0 Å². The van der Waals surface area contributed by atoms with E-state index in [9.17, 15) is 0 Å². The lowest BCUT2D eigenvalue weighted by molar-refractivity contribution is -0.115. The number of rotatable bonds is 4. The molecule has 4 aliphatic carbocycles. The second kappa shape index (κ2) is 6.16. The summed E-state index contributed by atoms with van der Waals surface area (Å²) in [6.45, 7) is 10.3. The summed E-state index contributed by atoms with van der Waals surface area (Å²) in [7, 11) is 0. The zero-order chi connectivity index (χ0) is 16.9. The van der Waals surface area contributed by atoms with Gasteiger partial charge in [0.2, 0.25) is 0 Å². The smallest absolute Gasteiger partial charge is 0.197 e. The van der Waals surface area contributed by atoms with Crippen molar-refractivity contribution in [3.05, 3.63) is 17.3 Å². The number of oxazole rings is 1. The third-order valence-corrected chi connectivity index (χ3v) is 7.75. The first-order valence-corrected chi connectivity index (χ1v) is 10.2. The SMILES string of the molecule is Cc1oc(C2CCCCC2)nc1CN[C@@H]1C[C@@H]2C[C@H]([C@H]1C)C2(C)C. The molecule has 5 rings (SSSR count). The summed E-state index contributed by atoms with van der Waals surface area (Å²) in [5, 5.41) is 3.82. The van der Waals surface area contributed by atoms with Crippen molar-refractivity contribution in [2.45, 2.75) is 91.1 Å². The Morgan fingerprint density at radius 1 is 1.17 bits per heavy atom. The first-order chi connectivity index (χ1) is 11.5. The molecule has 0 aromatic carbocycles. The van der Waals surface area contributed by atoms with Crippen LogP contribution >= 0.6 is 0 Å². The van der Waals surface area contributed by atoms with E-state index in [-0.39, 0.29) is 0 Å². The average molecular weight is 331 g/mol. The molecule has 4 saturated carbocycles. The highest BCUT2D eigenvalue weighted by Crippen LogP contribution is 2.61. The zero-order valence-corrected chi connectivity index (χ0v) is 15.9. The molecule has 2 bridgehead atoms. The maximum Gasteiger partial charge on any atom is 0.197 e. The minimum Gasteiger partial charge on any atom is -0.445 e. The normalized spacial score (nSPS) is 35.7. The van der Waals surface area contributed by atoms with Crippen molar-refractivity contribution in [3.63, 3.8) is 0 Å². The van der Waals surface area contributed by atoms with Gasteiger partial charge in [0, 0.05) is 18.5 Å². The number of nitrogens with one attached hydrogen (secondary N) is 1. The Morgan fingerprint density at radius 3 is 2.58 bits per heavy atom. The molecule has 1 heterocycles. The van der Waals surface area contributed by atoms with E-state index in [0.717, 1.165) is 41.6 Å².